The van der Waals surface area contributed by atoms with Gasteiger partial charge >= 0.3 is 0 Å². The van der Waals surface area contributed by atoms with Crippen LogP contribution in [0.3, 0.4) is 0 Å². The van der Waals surface area contributed by atoms with Crippen LogP contribution in [0.15, 0.2) is 18.2 Å². The number of hydrogen-bond acceptors (Lipinski definition) is 2. The van der Waals surface area contributed by atoms with Crippen LogP contribution in [0.25, 0.3) is 0 Å². The molecule has 0 aromatic heterocycles. The van der Waals surface area contributed by atoms with E-state index in [9.17, 15) is 4.39 Å². The van der Waals surface area contributed by atoms with E-state index in [0.29, 0.717) is 5.56 Å². The molecule has 1 unspecified atom stereocenters. The third-order valence-corrected chi connectivity index (χ3v) is 1.74. The van der Waals surface area contributed by atoms with Crippen LogP contribution in [0, 0.1) is 5.82 Å². The van der Waals surface area contributed by atoms with Crippen molar-refractivity contribution in [2.75, 3.05) is 7.11 Å². The molecule has 1 aromatic carbocycles. The van der Waals surface area contributed by atoms with E-state index in [1.165, 1.54) is 25.3 Å². The minimum Gasteiger partial charge on any atom is -0.364 e. The Hall–Kier alpha value is -0.640. The molecular weight excluding hydrogens is 183 g/mol. The van der Waals surface area contributed by atoms with Crippen LogP contribution in [0.4, 0.5) is 4.39 Å². The molecule has 0 radical (unpaired) electrons. The van der Waals surface area contributed by atoms with Gasteiger partial charge in [-0.3, -0.25) is 0 Å². The summed E-state index contributed by atoms with van der Waals surface area (Å²) in [5.74, 6) is -0.510. The van der Waals surface area contributed by atoms with Gasteiger partial charge in [-0.25, -0.2) is 4.39 Å². The average Bonchev–Trinajstić information content (AvgIpc) is 2.08. The molecule has 0 saturated carbocycles. The molecule has 4 heteroatoms. The maximum Gasteiger partial charge on any atom is 0.180 e. The highest BCUT2D eigenvalue weighted by Crippen LogP contribution is 2.20. The monoisotopic (exact) mass is 190 g/mol. The molecule has 0 fully saturated rings. The van der Waals surface area contributed by atoms with Gasteiger partial charge in [0.2, 0.25) is 0 Å². The lowest BCUT2D eigenvalue weighted by Gasteiger charge is -2.08. The van der Waals surface area contributed by atoms with E-state index in [0.717, 1.165) is 0 Å². The summed E-state index contributed by atoms with van der Waals surface area (Å²) in [6.07, 6.45) is -1.05. The SMILES string of the molecule is COC(O)c1ccc(F)c(Cl)c1. The third-order valence-electron chi connectivity index (χ3n) is 1.45. The van der Waals surface area contributed by atoms with Gasteiger partial charge in [0.25, 0.3) is 0 Å². The molecule has 12 heavy (non-hydrogen) atoms. The van der Waals surface area contributed by atoms with Gasteiger partial charge in [-0.1, -0.05) is 17.7 Å². The molecule has 1 aromatic rings. The number of hydrogen-bond donors (Lipinski definition) is 1. The first-order chi connectivity index (χ1) is 5.65. The Morgan fingerprint density at radius 1 is 1.58 bits per heavy atom. The van der Waals surface area contributed by atoms with E-state index in [4.69, 9.17) is 16.7 Å². The Bertz CT molecular complexity index is 278. The van der Waals surface area contributed by atoms with Crippen LogP contribution in [0.2, 0.25) is 5.02 Å². The van der Waals surface area contributed by atoms with Crippen LogP contribution in [0.5, 0.6) is 0 Å². The van der Waals surface area contributed by atoms with Crippen molar-refractivity contribution in [3.63, 3.8) is 0 Å². The van der Waals surface area contributed by atoms with Crippen LogP contribution in [0.1, 0.15) is 11.9 Å². The van der Waals surface area contributed by atoms with E-state index in [-0.39, 0.29) is 5.02 Å². The quantitative estimate of drug-likeness (QED) is 0.724. The fourth-order valence-corrected chi connectivity index (χ4v) is 0.991. The number of halogens is 2. The lowest BCUT2D eigenvalue weighted by molar-refractivity contribution is -0.0769. The minimum absolute atomic E-state index is 0.0244. The topological polar surface area (TPSA) is 29.5 Å². The van der Waals surface area contributed by atoms with E-state index in [1.807, 2.05) is 0 Å². The second-order valence-corrected chi connectivity index (χ2v) is 2.67. The van der Waals surface area contributed by atoms with Crippen molar-refractivity contribution in [2.45, 2.75) is 6.29 Å². The van der Waals surface area contributed by atoms with Gasteiger partial charge < -0.3 is 9.84 Å². The van der Waals surface area contributed by atoms with Gasteiger partial charge in [0.05, 0.1) is 5.02 Å². The fraction of sp³-hybridized carbons (Fsp3) is 0.250. The smallest absolute Gasteiger partial charge is 0.180 e. The summed E-state index contributed by atoms with van der Waals surface area (Å²) in [7, 11) is 1.35. The van der Waals surface area contributed by atoms with Crippen molar-refractivity contribution in [3.05, 3.63) is 34.6 Å². The molecule has 0 heterocycles. The van der Waals surface area contributed by atoms with Gasteiger partial charge in [0, 0.05) is 12.7 Å². The highest BCUT2D eigenvalue weighted by molar-refractivity contribution is 6.30. The Morgan fingerprint density at radius 3 is 2.75 bits per heavy atom. The van der Waals surface area contributed by atoms with Gasteiger partial charge in [0.15, 0.2) is 6.29 Å². The third kappa shape index (κ3) is 1.94. The predicted octanol–water partition coefficient (Wildman–Crippen LogP) is 2.12. The van der Waals surface area contributed by atoms with Crippen molar-refractivity contribution >= 4 is 11.6 Å². The number of benzene rings is 1. The lowest BCUT2D eigenvalue weighted by atomic mass is 10.2. The summed E-state index contributed by atoms with van der Waals surface area (Å²) in [5.41, 5.74) is 0.434. The largest absolute Gasteiger partial charge is 0.364 e. The molecule has 0 aliphatic carbocycles. The molecule has 0 aliphatic rings. The molecule has 0 spiro atoms. The van der Waals surface area contributed by atoms with Gasteiger partial charge in [-0.05, 0) is 12.1 Å². The van der Waals surface area contributed by atoms with Crippen molar-refractivity contribution in [2.24, 2.45) is 0 Å². The summed E-state index contributed by atoms with van der Waals surface area (Å²) in [6.45, 7) is 0. The Labute approximate surface area is 74.5 Å². The zero-order valence-electron chi connectivity index (χ0n) is 6.42. The van der Waals surface area contributed by atoms with Crippen molar-refractivity contribution in [3.8, 4) is 0 Å². The zero-order valence-corrected chi connectivity index (χ0v) is 7.18. The van der Waals surface area contributed by atoms with Crippen LogP contribution in [-0.4, -0.2) is 12.2 Å². The summed E-state index contributed by atoms with van der Waals surface area (Å²) in [4.78, 5) is 0. The Morgan fingerprint density at radius 2 is 2.25 bits per heavy atom. The van der Waals surface area contributed by atoms with Crippen molar-refractivity contribution < 1.29 is 14.2 Å². The molecule has 1 rings (SSSR count). The summed E-state index contributed by atoms with van der Waals surface area (Å²) >= 11 is 5.47. The zero-order chi connectivity index (χ0) is 9.14. The average molecular weight is 191 g/mol. The van der Waals surface area contributed by atoms with Gasteiger partial charge in [-0.15, -0.1) is 0 Å². The Balaban J connectivity index is 2.96. The number of aliphatic hydroxyl groups is 1. The van der Waals surface area contributed by atoms with Crippen molar-refractivity contribution in [1.29, 1.82) is 0 Å². The fourth-order valence-electron chi connectivity index (χ4n) is 0.802. The normalized spacial score (nSPS) is 13.0. The molecule has 1 N–H and O–H groups in total. The number of rotatable bonds is 2. The van der Waals surface area contributed by atoms with Gasteiger partial charge in [0.1, 0.15) is 5.82 Å². The maximum absolute atomic E-state index is 12.6. The van der Waals surface area contributed by atoms with Crippen molar-refractivity contribution in [1.82, 2.24) is 0 Å². The Kier molecular flexibility index (Phi) is 3.03. The number of ether oxygens (including phenoxy) is 1. The molecule has 2 nitrogen and oxygen atoms in total. The number of methoxy groups -OCH3 is 1. The van der Waals surface area contributed by atoms with Crippen LogP contribution >= 0.6 is 11.6 Å². The summed E-state index contributed by atoms with van der Waals surface area (Å²) in [6, 6.07) is 3.92. The molecule has 0 bridgehead atoms. The van der Waals surface area contributed by atoms with E-state index in [1.54, 1.807) is 0 Å². The second kappa shape index (κ2) is 3.85. The standard InChI is InChI=1S/C8H8ClFO2/c1-12-8(11)5-2-3-7(10)6(9)4-5/h2-4,8,11H,1H3. The minimum atomic E-state index is -1.05. The molecule has 0 amide bonds. The van der Waals surface area contributed by atoms with E-state index >= 15 is 0 Å². The van der Waals surface area contributed by atoms with Crippen LogP contribution < -0.4 is 0 Å². The van der Waals surface area contributed by atoms with Gasteiger partial charge in [-0.2, -0.15) is 0 Å². The summed E-state index contributed by atoms with van der Waals surface area (Å²) < 4.78 is 17.2. The molecule has 0 saturated heterocycles. The lowest BCUT2D eigenvalue weighted by Crippen LogP contribution is -1.99. The van der Waals surface area contributed by atoms with Crippen LogP contribution in [-0.2, 0) is 4.74 Å². The maximum atomic E-state index is 12.6. The van der Waals surface area contributed by atoms with E-state index < -0.39 is 12.1 Å². The number of aliphatic hydroxyl groups excluding tert-OH is 1. The highest BCUT2D eigenvalue weighted by atomic mass is 35.5. The first kappa shape index (κ1) is 9.45. The predicted molar refractivity (Wildman–Crippen MR) is 43.4 cm³/mol. The summed E-state index contributed by atoms with van der Waals surface area (Å²) in [5, 5.41) is 9.12. The molecule has 66 valence electrons. The molecular formula is C8H8ClFO2. The first-order valence-electron chi connectivity index (χ1n) is 3.31. The molecule has 0 aliphatic heterocycles. The molecule has 1 atom stereocenters. The first-order valence-corrected chi connectivity index (χ1v) is 3.68. The second-order valence-electron chi connectivity index (χ2n) is 2.26. The highest BCUT2D eigenvalue weighted by Gasteiger charge is 2.07. The van der Waals surface area contributed by atoms with E-state index in [2.05, 4.69) is 4.74 Å².